The summed E-state index contributed by atoms with van der Waals surface area (Å²) in [5.74, 6) is -0.416. The molecule has 3 rings (SSSR count). The number of unbranched alkanes of at least 4 members (excludes halogenated alkanes) is 3. The molecular weight excluding hydrogens is 376 g/mol. The lowest BCUT2D eigenvalue weighted by atomic mass is 10.0. The number of amides is 2. The van der Waals surface area contributed by atoms with Crippen molar-refractivity contribution >= 4 is 23.3 Å². The van der Waals surface area contributed by atoms with E-state index in [1.807, 2.05) is 30.3 Å². The van der Waals surface area contributed by atoms with E-state index in [0.29, 0.717) is 29.1 Å². The third-order valence-corrected chi connectivity index (χ3v) is 4.82. The molecule has 0 bridgehead atoms. The van der Waals surface area contributed by atoms with Crippen molar-refractivity contribution in [1.29, 1.82) is 5.26 Å². The number of nitrogens with zero attached hydrogens (tertiary/aromatic N) is 2. The highest BCUT2D eigenvalue weighted by atomic mass is 16.2. The van der Waals surface area contributed by atoms with Gasteiger partial charge < -0.3 is 10.6 Å². The lowest BCUT2D eigenvalue weighted by Crippen LogP contribution is -2.30. The predicted molar refractivity (Wildman–Crippen MR) is 117 cm³/mol. The lowest BCUT2D eigenvalue weighted by Gasteiger charge is -2.06. The molecule has 1 aliphatic rings. The topological polar surface area (TPSA) is 94.3 Å². The maximum atomic E-state index is 12.6. The van der Waals surface area contributed by atoms with Crippen LogP contribution in [0.4, 0.5) is 0 Å². The summed E-state index contributed by atoms with van der Waals surface area (Å²) < 4.78 is 0. The molecule has 6 nitrogen and oxygen atoms in total. The molecule has 0 saturated carbocycles. The van der Waals surface area contributed by atoms with Crippen LogP contribution < -0.4 is 10.6 Å². The van der Waals surface area contributed by atoms with Gasteiger partial charge in [0.25, 0.3) is 11.8 Å². The number of nitriles is 1. The van der Waals surface area contributed by atoms with E-state index in [2.05, 4.69) is 22.5 Å². The summed E-state index contributed by atoms with van der Waals surface area (Å²) in [6, 6.07) is 18.0. The minimum atomic E-state index is -0.446. The Morgan fingerprint density at radius 3 is 2.37 bits per heavy atom. The number of carbonyl (C=O) groups is 2. The monoisotopic (exact) mass is 400 g/mol. The zero-order valence-electron chi connectivity index (χ0n) is 16.9. The highest BCUT2D eigenvalue weighted by Crippen LogP contribution is 2.30. The summed E-state index contributed by atoms with van der Waals surface area (Å²) in [6.45, 7) is 2.64. The first kappa shape index (κ1) is 21.0. The Morgan fingerprint density at radius 1 is 0.967 bits per heavy atom. The van der Waals surface area contributed by atoms with Gasteiger partial charge in [0, 0.05) is 23.2 Å². The van der Waals surface area contributed by atoms with Crippen molar-refractivity contribution in [2.45, 2.75) is 32.6 Å². The highest BCUT2D eigenvalue weighted by molar-refractivity contribution is 6.20. The van der Waals surface area contributed by atoms with Crippen molar-refractivity contribution in [1.82, 2.24) is 10.6 Å². The number of hydrogen-bond acceptors (Lipinski definition) is 4. The molecule has 0 fully saturated rings. The van der Waals surface area contributed by atoms with Crippen LogP contribution in [-0.4, -0.2) is 24.2 Å². The zero-order chi connectivity index (χ0) is 21.3. The fourth-order valence-electron chi connectivity index (χ4n) is 3.24. The number of hydrogen-bond donors (Lipinski definition) is 2. The number of nitrogens with one attached hydrogen (secondary N) is 2. The van der Waals surface area contributed by atoms with E-state index in [0.717, 1.165) is 25.7 Å². The number of rotatable bonds is 7. The smallest absolute Gasteiger partial charge is 0.264 e. The Kier molecular flexibility index (Phi) is 7.12. The predicted octanol–water partition coefficient (Wildman–Crippen LogP) is 3.81. The molecule has 0 aromatic heterocycles. The molecule has 30 heavy (non-hydrogen) atoms. The minimum Gasteiger partial charge on any atom is -0.351 e. The average Bonchev–Trinajstić information content (AvgIpc) is 3.13. The third-order valence-electron chi connectivity index (χ3n) is 4.82. The second kappa shape index (κ2) is 10.2. The Bertz CT molecular complexity index is 1030. The summed E-state index contributed by atoms with van der Waals surface area (Å²) in [5.41, 5.74) is 2.06. The molecule has 6 heteroatoms. The largest absolute Gasteiger partial charge is 0.351 e. The van der Waals surface area contributed by atoms with Crippen LogP contribution in [0.5, 0.6) is 0 Å². The average molecular weight is 400 g/mol. The molecule has 2 amide bonds. The van der Waals surface area contributed by atoms with E-state index in [4.69, 9.17) is 0 Å². The van der Waals surface area contributed by atoms with Crippen molar-refractivity contribution in [2.24, 2.45) is 4.99 Å². The number of aliphatic imine (C=N–C) groups is 1. The maximum absolute atomic E-state index is 12.6. The number of carbonyl (C=O) groups excluding carboxylic acids is 2. The van der Waals surface area contributed by atoms with E-state index >= 15 is 0 Å². The summed E-state index contributed by atoms with van der Waals surface area (Å²) in [7, 11) is 0. The van der Waals surface area contributed by atoms with Crippen molar-refractivity contribution in [2.75, 3.05) is 6.54 Å². The second-order valence-corrected chi connectivity index (χ2v) is 6.98. The van der Waals surface area contributed by atoms with Gasteiger partial charge in [-0.2, -0.15) is 5.26 Å². The van der Waals surface area contributed by atoms with Crippen LogP contribution in [0.2, 0.25) is 0 Å². The molecule has 0 spiro atoms. The summed E-state index contributed by atoms with van der Waals surface area (Å²) in [5, 5.41) is 15.3. The molecular formula is C24H24N4O2. The first-order valence-corrected chi connectivity index (χ1v) is 10.1. The van der Waals surface area contributed by atoms with Crippen LogP contribution in [-0.2, 0) is 4.79 Å². The fourth-order valence-corrected chi connectivity index (χ4v) is 3.24. The fraction of sp³-hybridized carbons (Fsp3) is 0.250. The standard InChI is InChI=1S/C24H24N4O2/c1-2-3-4-10-15-26-24(30)20(16-25)21-18-13-8-9-14-19(18)22(27-21)28-23(29)17-11-6-5-7-12-17/h5-9,11-14H,2-4,10,15H2,1H3,(H,26,30)(H,27,28,29). The van der Waals surface area contributed by atoms with Gasteiger partial charge >= 0.3 is 0 Å². The molecule has 1 aliphatic heterocycles. The van der Waals surface area contributed by atoms with Crippen LogP contribution in [0, 0.1) is 11.3 Å². The summed E-state index contributed by atoms with van der Waals surface area (Å²) in [6.07, 6.45) is 4.13. The lowest BCUT2D eigenvalue weighted by molar-refractivity contribution is -0.117. The van der Waals surface area contributed by atoms with E-state index in [1.54, 1.807) is 30.3 Å². The van der Waals surface area contributed by atoms with Crippen LogP contribution in [0.25, 0.3) is 5.70 Å². The van der Waals surface area contributed by atoms with Crippen LogP contribution in [0.3, 0.4) is 0 Å². The number of amidine groups is 1. The normalized spacial score (nSPS) is 13.7. The maximum Gasteiger partial charge on any atom is 0.264 e. The Labute approximate surface area is 176 Å². The molecule has 2 aromatic rings. The molecule has 2 aromatic carbocycles. The first-order chi connectivity index (χ1) is 14.7. The summed E-state index contributed by atoms with van der Waals surface area (Å²) >= 11 is 0. The van der Waals surface area contributed by atoms with Gasteiger partial charge in [0.15, 0.2) is 0 Å². The quantitative estimate of drug-likeness (QED) is 0.420. The zero-order valence-corrected chi connectivity index (χ0v) is 16.9. The second-order valence-electron chi connectivity index (χ2n) is 6.98. The molecule has 0 aliphatic carbocycles. The SMILES string of the molecule is CCCCCCNC(=O)C(C#N)=C1N=C(NC(=O)c2ccccc2)c2ccccc21. The molecule has 0 unspecified atom stereocenters. The van der Waals surface area contributed by atoms with E-state index in [-0.39, 0.29) is 17.2 Å². The van der Waals surface area contributed by atoms with Gasteiger partial charge in [-0.25, -0.2) is 4.99 Å². The molecule has 152 valence electrons. The Hall–Kier alpha value is -3.72. The number of benzene rings is 2. The van der Waals surface area contributed by atoms with E-state index < -0.39 is 5.91 Å². The first-order valence-electron chi connectivity index (χ1n) is 10.1. The van der Waals surface area contributed by atoms with Crippen LogP contribution in [0.15, 0.2) is 65.2 Å². The Morgan fingerprint density at radius 2 is 1.67 bits per heavy atom. The molecule has 0 saturated heterocycles. The van der Waals surface area contributed by atoms with Crippen LogP contribution >= 0.6 is 0 Å². The van der Waals surface area contributed by atoms with Crippen molar-refractivity contribution < 1.29 is 9.59 Å². The molecule has 0 atom stereocenters. The summed E-state index contributed by atoms with van der Waals surface area (Å²) in [4.78, 5) is 29.6. The van der Waals surface area contributed by atoms with Crippen molar-refractivity contribution in [3.63, 3.8) is 0 Å². The number of fused-ring (bicyclic) bond motifs is 1. The highest BCUT2D eigenvalue weighted by Gasteiger charge is 2.27. The third kappa shape index (κ3) is 4.81. The minimum absolute atomic E-state index is 0.0538. The van der Waals surface area contributed by atoms with Gasteiger partial charge in [-0.15, -0.1) is 0 Å². The van der Waals surface area contributed by atoms with Crippen molar-refractivity contribution in [3.8, 4) is 6.07 Å². The van der Waals surface area contributed by atoms with Gasteiger partial charge in [0.2, 0.25) is 0 Å². The Balaban J connectivity index is 1.85. The van der Waals surface area contributed by atoms with Gasteiger partial charge in [0.1, 0.15) is 17.5 Å². The molecule has 1 heterocycles. The van der Waals surface area contributed by atoms with E-state index in [1.165, 1.54) is 0 Å². The van der Waals surface area contributed by atoms with Gasteiger partial charge in [-0.1, -0.05) is 68.7 Å². The molecule has 2 N–H and O–H groups in total. The molecule has 0 radical (unpaired) electrons. The van der Waals surface area contributed by atoms with Gasteiger partial charge in [-0.3, -0.25) is 9.59 Å². The van der Waals surface area contributed by atoms with Gasteiger partial charge in [0.05, 0.1) is 5.70 Å². The van der Waals surface area contributed by atoms with Crippen LogP contribution in [0.1, 0.15) is 54.1 Å². The van der Waals surface area contributed by atoms with E-state index in [9.17, 15) is 14.9 Å². The van der Waals surface area contributed by atoms with Crippen molar-refractivity contribution in [3.05, 3.63) is 76.9 Å². The van der Waals surface area contributed by atoms with Gasteiger partial charge in [-0.05, 0) is 18.6 Å².